The summed E-state index contributed by atoms with van der Waals surface area (Å²) in [5.41, 5.74) is 5.61. The maximum Gasteiger partial charge on any atom is 0.0494 e. The first-order chi connectivity index (χ1) is 10.3. The summed E-state index contributed by atoms with van der Waals surface area (Å²) in [5.74, 6) is 0. The Morgan fingerprint density at radius 3 is 2.90 bits per heavy atom. The quantitative estimate of drug-likeness (QED) is 0.718. The summed E-state index contributed by atoms with van der Waals surface area (Å²) < 4.78 is 2.48. The van der Waals surface area contributed by atoms with Crippen LogP contribution in [0.2, 0.25) is 0 Å². The summed E-state index contributed by atoms with van der Waals surface area (Å²) in [4.78, 5) is 6.65. The Labute approximate surface area is 124 Å². The van der Waals surface area contributed by atoms with Crippen LogP contribution in [0, 0.1) is 0 Å². The van der Waals surface area contributed by atoms with Gasteiger partial charge in [-0.1, -0.05) is 24.3 Å². The molecule has 2 aromatic heterocycles. The molecule has 3 aromatic rings. The standard InChI is InChI=1S/C18H19N3/c1-20-10-8-18-16(13-20)15-6-2-3-7-17(15)21(18)12-14-5-4-9-19-11-14/h2-7,9,11H,8,10,12-13H2,1H3. The number of para-hydroxylation sites is 1. The molecule has 1 aliphatic heterocycles. The van der Waals surface area contributed by atoms with Gasteiger partial charge in [-0.2, -0.15) is 0 Å². The summed E-state index contributed by atoms with van der Waals surface area (Å²) in [7, 11) is 2.20. The third-order valence-corrected chi connectivity index (χ3v) is 4.42. The number of nitrogens with zero attached hydrogens (tertiary/aromatic N) is 3. The average molecular weight is 277 g/mol. The van der Waals surface area contributed by atoms with Gasteiger partial charge in [0, 0.05) is 55.0 Å². The highest BCUT2D eigenvalue weighted by Crippen LogP contribution is 2.31. The number of pyridine rings is 1. The van der Waals surface area contributed by atoms with Crippen LogP contribution in [0.5, 0.6) is 0 Å². The number of rotatable bonds is 2. The molecule has 4 rings (SSSR count). The van der Waals surface area contributed by atoms with E-state index in [-0.39, 0.29) is 0 Å². The van der Waals surface area contributed by atoms with E-state index in [0.717, 1.165) is 26.1 Å². The molecule has 21 heavy (non-hydrogen) atoms. The summed E-state index contributed by atoms with van der Waals surface area (Å²) >= 11 is 0. The fraction of sp³-hybridized carbons (Fsp3) is 0.278. The second-order valence-electron chi connectivity index (χ2n) is 5.88. The fourth-order valence-corrected chi connectivity index (χ4v) is 3.39. The number of hydrogen-bond donors (Lipinski definition) is 0. The maximum absolute atomic E-state index is 4.25. The lowest BCUT2D eigenvalue weighted by Gasteiger charge is -2.24. The third kappa shape index (κ3) is 2.14. The van der Waals surface area contributed by atoms with Gasteiger partial charge in [0.15, 0.2) is 0 Å². The van der Waals surface area contributed by atoms with Crippen molar-refractivity contribution in [2.75, 3.05) is 13.6 Å². The lowest BCUT2D eigenvalue weighted by molar-refractivity contribution is 0.310. The predicted molar refractivity (Wildman–Crippen MR) is 85.3 cm³/mol. The Hall–Kier alpha value is -2.13. The molecule has 3 heterocycles. The van der Waals surface area contributed by atoms with Crippen molar-refractivity contribution in [1.82, 2.24) is 14.5 Å². The summed E-state index contributed by atoms with van der Waals surface area (Å²) in [5, 5.41) is 1.41. The zero-order chi connectivity index (χ0) is 14.2. The second kappa shape index (κ2) is 5.01. The lowest BCUT2D eigenvalue weighted by atomic mass is 10.1. The first kappa shape index (κ1) is 12.6. The molecule has 1 aliphatic rings. The highest BCUT2D eigenvalue weighted by molar-refractivity contribution is 5.86. The van der Waals surface area contributed by atoms with Gasteiger partial charge in [-0.15, -0.1) is 0 Å². The molecule has 0 unspecified atom stereocenters. The Balaban J connectivity index is 1.88. The van der Waals surface area contributed by atoms with Crippen LogP contribution >= 0.6 is 0 Å². The molecule has 0 atom stereocenters. The Bertz CT molecular complexity index is 774. The minimum atomic E-state index is 0.910. The molecule has 0 saturated carbocycles. The van der Waals surface area contributed by atoms with Gasteiger partial charge in [-0.25, -0.2) is 0 Å². The van der Waals surface area contributed by atoms with Crippen molar-refractivity contribution < 1.29 is 0 Å². The van der Waals surface area contributed by atoms with Crippen LogP contribution in [-0.4, -0.2) is 28.0 Å². The van der Waals surface area contributed by atoms with Crippen molar-refractivity contribution in [2.24, 2.45) is 0 Å². The van der Waals surface area contributed by atoms with Crippen LogP contribution in [0.15, 0.2) is 48.8 Å². The molecule has 3 nitrogen and oxygen atoms in total. The molecule has 0 amide bonds. The number of benzene rings is 1. The van der Waals surface area contributed by atoms with E-state index in [0.29, 0.717) is 0 Å². The van der Waals surface area contributed by atoms with E-state index >= 15 is 0 Å². The first-order valence-electron chi connectivity index (χ1n) is 7.49. The molecule has 0 fully saturated rings. The average Bonchev–Trinajstić information content (AvgIpc) is 2.82. The maximum atomic E-state index is 4.25. The minimum Gasteiger partial charge on any atom is -0.340 e. The first-order valence-corrected chi connectivity index (χ1v) is 7.49. The molecule has 0 radical (unpaired) electrons. The summed E-state index contributed by atoms with van der Waals surface area (Å²) in [6.07, 6.45) is 4.93. The smallest absolute Gasteiger partial charge is 0.0494 e. The Morgan fingerprint density at radius 1 is 1.14 bits per heavy atom. The predicted octanol–water partition coefficient (Wildman–Crippen LogP) is 3.07. The molecule has 0 N–H and O–H groups in total. The molecular weight excluding hydrogens is 258 g/mol. The topological polar surface area (TPSA) is 21.1 Å². The number of aromatic nitrogens is 2. The van der Waals surface area contributed by atoms with Gasteiger partial charge in [0.1, 0.15) is 0 Å². The van der Waals surface area contributed by atoms with Crippen LogP contribution in [0.3, 0.4) is 0 Å². The van der Waals surface area contributed by atoms with Crippen LogP contribution in [-0.2, 0) is 19.5 Å². The molecule has 0 saturated heterocycles. The van der Waals surface area contributed by atoms with Gasteiger partial charge in [0.05, 0.1) is 0 Å². The van der Waals surface area contributed by atoms with E-state index in [2.05, 4.69) is 51.8 Å². The molecule has 0 bridgehead atoms. The van der Waals surface area contributed by atoms with Crippen molar-refractivity contribution in [3.63, 3.8) is 0 Å². The summed E-state index contributed by atoms with van der Waals surface area (Å²) in [6.45, 7) is 3.10. The van der Waals surface area contributed by atoms with Gasteiger partial charge in [-0.3, -0.25) is 4.98 Å². The van der Waals surface area contributed by atoms with Crippen molar-refractivity contribution in [3.8, 4) is 0 Å². The van der Waals surface area contributed by atoms with Crippen LogP contribution in [0.4, 0.5) is 0 Å². The minimum absolute atomic E-state index is 0.910. The van der Waals surface area contributed by atoms with E-state index in [1.807, 2.05) is 18.5 Å². The van der Waals surface area contributed by atoms with Gasteiger partial charge in [0.25, 0.3) is 0 Å². The van der Waals surface area contributed by atoms with Crippen molar-refractivity contribution in [3.05, 3.63) is 65.6 Å². The largest absolute Gasteiger partial charge is 0.340 e. The SMILES string of the molecule is CN1CCc2c(c3ccccc3n2Cc2cccnc2)C1. The normalized spacial score (nSPS) is 15.3. The van der Waals surface area contributed by atoms with E-state index in [9.17, 15) is 0 Å². The molecule has 106 valence electrons. The zero-order valence-corrected chi connectivity index (χ0v) is 12.3. The fourth-order valence-electron chi connectivity index (χ4n) is 3.39. The van der Waals surface area contributed by atoms with E-state index < -0.39 is 0 Å². The van der Waals surface area contributed by atoms with Crippen LogP contribution in [0.25, 0.3) is 10.9 Å². The summed E-state index contributed by atoms with van der Waals surface area (Å²) in [6, 6.07) is 12.9. The van der Waals surface area contributed by atoms with Gasteiger partial charge in [0.2, 0.25) is 0 Å². The van der Waals surface area contributed by atoms with Crippen LogP contribution < -0.4 is 0 Å². The van der Waals surface area contributed by atoms with Crippen molar-refractivity contribution in [2.45, 2.75) is 19.5 Å². The molecule has 3 heteroatoms. The monoisotopic (exact) mass is 277 g/mol. The molecule has 1 aromatic carbocycles. The van der Waals surface area contributed by atoms with Gasteiger partial charge >= 0.3 is 0 Å². The number of likely N-dealkylation sites (N-methyl/N-ethyl adjacent to an activating group) is 1. The zero-order valence-electron chi connectivity index (χ0n) is 12.3. The molecular formula is C18H19N3. The Morgan fingerprint density at radius 2 is 2.05 bits per heavy atom. The Kier molecular flexibility index (Phi) is 3.00. The van der Waals surface area contributed by atoms with Crippen molar-refractivity contribution >= 4 is 10.9 Å². The van der Waals surface area contributed by atoms with Gasteiger partial charge < -0.3 is 9.47 Å². The molecule has 0 aliphatic carbocycles. The lowest BCUT2D eigenvalue weighted by Crippen LogP contribution is -2.27. The van der Waals surface area contributed by atoms with E-state index in [1.54, 1.807) is 0 Å². The highest BCUT2D eigenvalue weighted by atomic mass is 15.1. The second-order valence-corrected chi connectivity index (χ2v) is 5.88. The van der Waals surface area contributed by atoms with Crippen LogP contribution in [0.1, 0.15) is 16.8 Å². The van der Waals surface area contributed by atoms with E-state index in [4.69, 9.17) is 0 Å². The van der Waals surface area contributed by atoms with E-state index in [1.165, 1.54) is 27.7 Å². The van der Waals surface area contributed by atoms with Crippen molar-refractivity contribution in [1.29, 1.82) is 0 Å². The number of hydrogen-bond acceptors (Lipinski definition) is 2. The highest BCUT2D eigenvalue weighted by Gasteiger charge is 2.21. The van der Waals surface area contributed by atoms with Gasteiger partial charge in [-0.05, 0) is 30.3 Å². The number of fused-ring (bicyclic) bond motifs is 3. The third-order valence-electron chi connectivity index (χ3n) is 4.42. The molecule has 0 spiro atoms.